The maximum Gasteiger partial charge on any atom is 0.180 e. The molecule has 26 heavy (non-hydrogen) atoms. The van der Waals surface area contributed by atoms with Crippen LogP contribution in [0.2, 0.25) is 5.02 Å². The molecule has 130 valence electrons. The second-order valence-corrected chi connectivity index (χ2v) is 6.18. The van der Waals surface area contributed by atoms with Crippen LogP contribution >= 0.6 is 11.6 Å². The van der Waals surface area contributed by atoms with Gasteiger partial charge >= 0.3 is 0 Å². The summed E-state index contributed by atoms with van der Waals surface area (Å²) in [6, 6.07) is 8.61. The summed E-state index contributed by atoms with van der Waals surface area (Å²) < 4.78 is 15.3. The van der Waals surface area contributed by atoms with Crippen molar-refractivity contribution in [2.45, 2.75) is 6.42 Å². The molecule has 3 heterocycles. The first-order chi connectivity index (χ1) is 12.7. The third-order valence-corrected chi connectivity index (χ3v) is 4.39. The topological polar surface area (TPSA) is 55.1 Å². The average Bonchev–Trinajstić information content (AvgIpc) is 3.10. The maximum atomic E-state index is 13.4. The fourth-order valence-corrected chi connectivity index (χ4v) is 2.97. The number of fused-ring (bicyclic) bond motifs is 1. The fourth-order valence-electron chi connectivity index (χ4n) is 2.79. The molecule has 1 N–H and O–H groups in total. The Morgan fingerprint density at radius 2 is 1.92 bits per heavy atom. The van der Waals surface area contributed by atoms with Crippen LogP contribution in [0.4, 0.5) is 10.2 Å². The van der Waals surface area contributed by atoms with Gasteiger partial charge in [-0.25, -0.2) is 14.4 Å². The number of imidazole rings is 1. The predicted molar refractivity (Wildman–Crippen MR) is 99.8 cm³/mol. The fraction of sp³-hybridized carbons (Fsp3) is 0.105. The third kappa shape index (κ3) is 3.23. The molecular weight excluding hydrogens is 353 g/mol. The van der Waals surface area contributed by atoms with Crippen LogP contribution in [0, 0.1) is 5.82 Å². The first kappa shape index (κ1) is 16.5. The lowest BCUT2D eigenvalue weighted by atomic mass is 10.1. The minimum Gasteiger partial charge on any atom is -0.367 e. The molecule has 7 heteroatoms. The van der Waals surface area contributed by atoms with E-state index >= 15 is 0 Å². The highest BCUT2D eigenvalue weighted by molar-refractivity contribution is 6.31. The van der Waals surface area contributed by atoms with E-state index in [-0.39, 0.29) is 5.02 Å². The van der Waals surface area contributed by atoms with Crippen LogP contribution < -0.4 is 5.32 Å². The number of halogens is 2. The van der Waals surface area contributed by atoms with Crippen LogP contribution in [0.1, 0.15) is 5.56 Å². The van der Waals surface area contributed by atoms with Gasteiger partial charge in [0.2, 0.25) is 0 Å². The summed E-state index contributed by atoms with van der Waals surface area (Å²) in [5.41, 5.74) is 3.52. The average molecular weight is 368 g/mol. The number of hydrogen-bond donors (Lipinski definition) is 1. The van der Waals surface area contributed by atoms with E-state index in [1.807, 2.05) is 22.7 Å². The molecule has 0 bridgehead atoms. The minimum atomic E-state index is -0.440. The highest BCUT2D eigenvalue weighted by Crippen LogP contribution is 2.27. The Morgan fingerprint density at radius 1 is 1.08 bits per heavy atom. The molecule has 0 unspecified atom stereocenters. The molecule has 0 aliphatic carbocycles. The number of nitrogens with zero attached hydrogens (tertiary/aromatic N) is 4. The quantitative estimate of drug-likeness (QED) is 0.573. The lowest BCUT2D eigenvalue weighted by Gasteiger charge is -2.08. The van der Waals surface area contributed by atoms with Crippen LogP contribution in [-0.4, -0.2) is 25.9 Å². The summed E-state index contributed by atoms with van der Waals surface area (Å²) in [4.78, 5) is 12.9. The number of rotatable bonds is 5. The molecule has 0 atom stereocenters. The van der Waals surface area contributed by atoms with Gasteiger partial charge in [0.1, 0.15) is 5.82 Å². The van der Waals surface area contributed by atoms with E-state index in [9.17, 15) is 4.39 Å². The molecule has 0 aliphatic heterocycles. The van der Waals surface area contributed by atoms with Crippen LogP contribution in [0.25, 0.3) is 16.9 Å². The van der Waals surface area contributed by atoms with Crippen molar-refractivity contribution in [1.29, 1.82) is 0 Å². The molecule has 0 fully saturated rings. The normalized spacial score (nSPS) is 11.0. The van der Waals surface area contributed by atoms with Gasteiger partial charge in [-0.15, -0.1) is 0 Å². The summed E-state index contributed by atoms with van der Waals surface area (Å²) >= 11 is 5.91. The van der Waals surface area contributed by atoms with Crippen molar-refractivity contribution in [2.75, 3.05) is 11.9 Å². The molecule has 4 aromatic rings. The standard InChI is InChI=1S/C19H15ClFN5/c20-15-11-14(1-2-16(15)21)17-12-25-19-18(24-9-10-26(17)19)23-8-5-13-3-6-22-7-4-13/h1-4,6-7,9-12H,5,8H2,(H,23,24). The molecule has 0 saturated heterocycles. The summed E-state index contributed by atoms with van der Waals surface area (Å²) in [5.74, 6) is 0.255. The van der Waals surface area contributed by atoms with Gasteiger partial charge in [0, 0.05) is 36.9 Å². The van der Waals surface area contributed by atoms with Gasteiger partial charge in [0.05, 0.1) is 16.9 Å². The Labute approximate surface area is 154 Å². The number of anilines is 1. The first-order valence-corrected chi connectivity index (χ1v) is 8.50. The van der Waals surface area contributed by atoms with Crippen molar-refractivity contribution in [3.63, 3.8) is 0 Å². The van der Waals surface area contributed by atoms with Crippen molar-refractivity contribution in [3.8, 4) is 11.3 Å². The van der Waals surface area contributed by atoms with Crippen LogP contribution in [0.3, 0.4) is 0 Å². The first-order valence-electron chi connectivity index (χ1n) is 8.12. The zero-order valence-electron chi connectivity index (χ0n) is 13.7. The van der Waals surface area contributed by atoms with Crippen LogP contribution in [0.5, 0.6) is 0 Å². The van der Waals surface area contributed by atoms with E-state index in [1.165, 1.54) is 11.6 Å². The van der Waals surface area contributed by atoms with Gasteiger partial charge < -0.3 is 5.32 Å². The van der Waals surface area contributed by atoms with Crippen LogP contribution in [0.15, 0.2) is 61.3 Å². The lowest BCUT2D eigenvalue weighted by molar-refractivity contribution is 0.628. The highest BCUT2D eigenvalue weighted by Gasteiger charge is 2.11. The number of pyridine rings is 1. The third-order valence-electron chi connectivity index (χ3n) is 4.10. The van der Waals surface area contributed by atoms with Crippen molar-refractivity contribution >= 4 is 23.1 Å². The summed E-state index contributed by atoms with van der Waals surface area (Å²) in [6.07, 6.45) is 9.67. The lowest BCUT2D eigenvalue weighted by Crippen LogP contribution is -2.08. The van der Waals surface area contributed by atoms with Gasteiger partial charge in [-0.2, -0.15) is 0 Å². The van der Waals surface area contributed by atoms with Gasteiger partial charge in [0.25, 0.3) is 0 Å². The van der Waals surface area contributed by atoms with E-state index in [2.05, 4.69) is 20.3 Å². The molecule has 0 spiro atoms. The van der Waals surface area contributed by atoms with E-state index in [0.717, 1.165) is 24.2 Å². The number of benzene rings is 1. The maximum absolute atomic E-state index is 13.4. The van der Waals surface area contributed by atoms with Gasteiger partial charge in [0.15, 0.2) is 11.5 Å². The van der Waals surface area contributed by atoms with Crippen molar-refractivity contribution in [1.82, 2.24) is 19.4 Å². The van der Waals surface area contributed by atoms with Crippen LogP contribution in [-0.2, 0) is 6.42 Å². The molecule has 0 radical (unpaired) electrons. The second-order valence-electron chi connectivity index (χ2n) is 5.77. The van der Waals surface area contributed by atoms with E-state index < -0.39 is 5.82 Å². The van der Waals surface area contributed by atoms with Crippen molar-refractivity contribution in [3.05, 3.63) is 77.7 Å². The van der Waals surface area contributed by atoms with Gasteiger partial charge in [-0.05, 0) is 42.3 Å². The van der Waals surface area contributed by atoms with Gasteiger partial charge in [-0.1, -0.05) is 11.6 Å². The number of aromatic nitrogens is 4. The Balaban J connectivity index is 1.59. The Bertz CT molecular complexity index is 1050. The molecule has 0 saturated carbocycles. The Morgan fingerprint density at radius 3 is 2.73 bits per heavy atom. The second kappa shape index (κ2) is 7.09. The monoisotopic (exact) mass is 367 g/mol. The predicted octanol–water partition coefficient (Wildman–Crippen LogP) is 4.24. The molecular formula is C19H15ClFN5. The van der Waals surface area contributed by atoms with E-state index in [0.29, 0.717) is 11.5 Å². The molecule has 3 aromatic heterocycles. The molecule has 5 nitrogen and oxygen atoms in total. The smallest absolute Gasteiger partial charge is 0.180 e. The number of nitrogens with one attached hydrogen (secondary N) is 1. The Kier molecular flexibility index (Phi) is 4.50. The zero-order chi connectivity index (χ0) is 17.9. The molecule has 4 rings (SSSR count). The summed E-state index contributed by atoms with van der Waals surface area (Å²) in [6.45, 7) is 0.723. The minimum absolute atomic E-state index is 0.0854. The SMILES string of the molecule is Fc1ccc(-c2cnc3c(NCCc4ccncc4)nccn23)cc1Cl. The zero-order valence-corrected chi connectivity index (χ0v) is 14.5. The van der Waals surface area contributed by atoms with Crippen molar-refractivity contribution in [2.24, 2.45) is 0 Å². The highest BCUT2D eigenvalue weighted by atomic mass is 35.5. The van der Waals surface area contributed by atoms with Crippen molar-refractivity contribution < 1.29 is 4.39 Å². The Hall–Kier alpha value is -2.99. The largest absolute Gasteiger partial charge is 0.367 e. The number of hydrogen-bond acceptors (Lipinski definition) is 4. The molecule has 0 amide bonds. The van der Waals surface area contributed by atoms with Gasteiger partial charge in [-0.3, -0.25) is 9.38 Å². The molecule has 1 aromatic carbocycles. The van der Waals surface area contributed by atoms with E-state index in [4.69, 9.17) is 11.6 Å². The molecule has 0 aliphatic rings. The summed E-state index contributed by atoms with van der Waals surface area (Å²) in [5, 5.41) is 3.41. The van der Waals surface area contributed by atoms with E-state index in [1.54, 1.807) is 36.9 Å². The summed E-state index contributed by atoms with van der Waals surface area (Å²) in [7, 11) is 0.